The Morgan fingerprint density at radius 3 is 2.81 bits per heavy atom. The smallest absolute Gasteiger partial charge is 0.339 e. The number of carbonyl (C=O) groups is 1. The third-order valence-corrected chi connectivity index (χ3v) is 1.68. The molecule has 1 rings (SSSR count). The van der Waals surface area contributed by atoms with E-state index in [1.54, 1.807) is 6.07 Å². The van der Waals surface area contributed by atoms with Gasteiger partial charge in [-0.25, -0.2) is 4.79 Å². The van der Waals surface area contributed by atoms with Crippen LogP contribution in [0.4, 0.5) is 5.69 Å². The zero-order valence-electron chi connectivity index (χ0n) is 7.91. The lowest BCUT2D eigenvalue weighted by Crippen LogP contribution is -2.05. The number of phenols is 1. The van der Waals surface area contributed by atoms with Crippen molar-refractivity contribution in [2.75, 3.05) is 6.61 Å². The van der Waals surface area contributed by atoms with Crippen molar-refractivity contribution in [3.63, 3.8) is 0 Å². The summed E-state index contributed by atoms with van der Waals surface area (Å²) >= 11 is 0. The Bertz CT molecular complexity index is 477. The van der Waals surface area contributed by atoms with Gasteiger partial charge in [0.05, 0.1) is 10.5 Å². The van der Waals surface area contributed by atoms with Gasteiger partial charge in [0.2, 0.25) is 0 Å². The van der Waals surface area contributed by atoms with Gasteiger partial charge in [0.1, 0.15) is 6.07 Å². The fourth-order valence-corrected chi connectivity index (χ4v) is 0.986. The van der Waals surface area contributed by atoms with Gasteiger partial charge in [0.25, 0.3) is 0 Å². The Balaban J connectivity index is 2.93. The Hall–Kier alpha value is -2.62. The van der Waals surface area contributed by atoms with Crippen LogP contribution in [-0.2, 0) is 4.74 Å². The number of nitro groups is 1. The lowest BCUT2D eigenvalue weighted by Gasteiger charge is -2.01. The summed E-state index contributed by atoms with van der Waals surface area (Å²) in [6.07, 6.45) is 0. The van der Waals surface area contributed by atoms with E-state index in [0.29, 0.717) is 0 Å². The SMILES string of the molecule is N#CCOC(=O)c1ccc([N+](=O)[O-])c(O)c1. The van der Waals surface area contributed by atoms with Gasteiger partial charge in [-0.05, 0) is 6.07 Å². The number of nitro benzene ring substituents is 1. The van der Waals surface area contributed by atoms with Gasteiger partial charge in [0, 0.05) is 12.1 Å². The average molecular weight is 222 g/mol. The number of carbonyl (C=O) groups excluding carboxylic acids is 1. The van der Waals surface area contributed by atoms with Gasteiger partial charge < -0.3 is 9.84 Å². The second-order valence-electron chi connectivity index (χ2n) is 2.69. The highest BCUT2D eigenvalue weighted by Gasteiger charge is 2.16. The first-order chi connectivity index (χ1) is 7.56. The van der Waals surface area contributed by atoms with Crippen molar-refractivity contribution in [2.24, 2.45) is 0 Å². The predicted molar refractivity (Wildman–Crippen MR) is 50.7 cm³/mol. The fourth-order valence-electron chi connectivity index (χ4n) is 0.986. The van der Waals surface area contributed by atoms with Crippen LogP contribution >= 0.6 is 0 Å². The van der Waals surface area contributed by atoms with Crippen molar-refractivity contribution >= 4 is 11.7 Å². The van der Waals surface area contributed by atoms with Crippen LogP contribution in [0.25, 0.3) is 0 Å². The Morgan fingerprint density at radius 2 is 2.31 bits per heavy atom. The number of rotatable bonds is 3. The highest BCUT2D eigenvalue weighted by Crippen LogP contribution is 2.26. The molecule has 0 unspecified atom stereocenters. The number of benzene rings is 1. The van der Waals surface area contributed by atoms with Crippen LogP contribution in [0, 0.1) is 21.4 Å². The van der Waals surface area contributed by atoms with Gasteiger partial charge in [0.15, 0.2) is 12.4 Å². The predicted octanol–water partition coefficient (Wildman–Crippen LogP) is 0.981. The lowest BCUT2D eigenvalue weighted by molar-refractivity contribution is -0.385. The van der Waals surface area contributed by atoms with Crippen molar-refractivity contribution in [1.29, 1.82) is 5.26 Å². The molecule has 0 aliphatic rings. The van der Waals surface area contributed by atoms with Crippen LogP contribution in [0.3, 0.4) is 0 Å². The van der Waals surface area contributed by atoms with Gasteiger partial charge in [-0.15, -0.1) is 0 Å². The van der Waals surface area contributed by atoms with E-state index in [1.165, 1.54) is 0 Å². The number of aromatic hydroxyl groups is 1. The summed E-state index contributed by atoms with van der Waals surface area (Å²) in [6.45, 7) is -0.420. The van der Waals surface area contributed by atoms with E-state index in [2.05, 4.69) is 4.74 Å². The largest absolute Gasteiger partial charge is 0.502 e. The normalized spacial score (nSPS) is 9.19. The summed E-state index contributed by atoms with van der Waals surface area (Å²) < 4.78 is 4.45. The Morgan fingerprint density at radius 1 is 1.62 bits per heavy atom. The third kappa shape index (κ3) is 2.45. The summed E-state index contributed by atoms with van der Waals surface area (Å²) in [5.41, 5.74) is -0.560. The Labute approximate surface area is 89.6 Å². The first kappa shape index (κ1) is 11.5. The zero-order chi connectivity index (χ0) is 12.1. The first-order valence-corrected chi connectivity index (χ1v) is 4.07. The van der Waals surface area contributed by atoms with Crippen molar-refractivity contribution in [1.82, 2.24) is 0 Å². The molecule has 0 atom stereocenters. The number of phenolic OH excluding ortho intramolecular Hbond substituents is 1. The summed E-state index contributed by atoms with van der Waals surface area (Å²) in [6, 6.07) is 4.63. The minimum absolute atomic E-state index is 0.0571. The molecule has 0 aliphatic carbocycles. The zero-order valence-corrected chi connectivity index (χ0v) is 7.91. The molecule has 0 amide bonds. The number of hydrogen-bond acceptors (Lipinski definition) is 6. The molecule has 0 fully saturated rings. The monoisotopic (exact) mass is 222 g/mol. The molecule has 0 aliphatic heterocycles. The second kappa shape index (κ2) is 4.75. The number of ether oxygens (including phenoxy) is 1. The molecule has 16 heavy (non-hydrogen) atoms. The molecule has 1 aromatic rings. The van der Waals surface area contributed by atoms with Crippen molar-refractivity contribution in [2.45, 2.75) is 0 Å². The molecule has 0 saturated heterocycles. The van der Waals surface area contributed by atoms with Crippen molar-refractivity contribution in [3.8, 4) is 11.8 Å². The van der Waals surface area contributed by atoms with Gasteiger partial charge in [-0.2, -0.15) is 5.26 Å². The molecule has 0 bridgehead atoms. The molecule has 0 heterocycles. The molecule has 0 saturated carbocycles. The molecule has 7 heteroatoms. The molecule has 1 N–H and O–H groups in total. The maximum atomic E-state index is 11.2. The Kier molecular flexibility index (Phi) is 3.40. The van der Waals surface area contributed by atoms with Crippen LogP contribution in [0.1, 0.15) is 10.4 Å². The van der Waals surface area contributed by atoms with Crippen molar-refractivity contribution in [3.05, 3.63) is 33.9 Å². The van der Waals surface area contributed by atoms with Crippen LogP contribution < -0.4 is 0 Å². The molecular formula is C9H6N2O5. The minimum Gasteiger partial charge on any atom is -0.502 e. The van der Waals surface area contributed by atoms with Crippen LogP contribution in [0.15, 0.2) is 18.2 Å². The number of hydrogen-bond donors (Lipinski definition) is 1. The molecule has 0 spiro atoms. The van der Waals surface area contributed by atoms with E-state index in [4.69, 9.17) is 5.26 Å². The highest BCUT2D eigenvalue weighted by atomic mass is 16.6. The fraction of sp³-hybridized carbons (Fsp3) is 0.111. The standard InChI is InChI=1S/C9H6N2O5/c10-3-4-16-9(13)6-1-2-7(11(14)15)8(12)5-6/h1-2,5,12H,4H2. The summed E-state index contributed by atoms with van der Waals surface area (Å²) in [4.78, 5) is 20.8. The lowest BCUT2D eigenvalue weighted by atomic mass is 10.2. The minimum atomic E-state index is -0.827. The maximum Gasteiger partial charge on any atom is 0.339 e. The molecule has 82 valence electrons. The van der Waals surface area contributed by atoms with E-state index >= 15 is 0 Å². The number of nitriles is 1. The van der Waals surface area contributed by atoms with Crippen LogP contribution in [0.2, 0.25) is 0 Å². The third-order valence-electron chi connectivity index (χ3n) is 1.68. The van der Waals surface area contributed by atoms with E-state index in [-0.39, 0.29) is 5.56 Å². The first-order valence-electron chi connectivity index (χ1n) is 4.07. The number of nitrogens with zero attached hydrogens (tertiary/aromatic N) is 2. The van der Waals surface area contributed by atoms with Crippen LogP contribution in [0.5, 0.6) is 5.75 Å². The molecular weight excluding hydrogens is 216 g/mol. The molecule has 0 radical (unpaired) electrons. The van der Waals surface area contributed by atoms with E-state index in [9.17, 15) is 20.0 Å². The number of esters is 1. The van der Waals surface area contributed by atoms with Crippen LogP contribution in [-0.4, -0.2) is 22.6 Å². The topological polar surface area (TPSA) is 113 Å². The molecule has 1 aromatic carbocycles. The summed E-state index contributed by atoms with van der Waals surface area (Å²) in [5.74, 6) is -1.46. The van der Waals surface area contributed by atoms with E-state index in [1.807, 2.05) is 0 Å². The van der Waals surface area contributed by atoms with Gasteiger partial charge in [-0.3, -0.25) is 10.1 Å². The molecule has 0 aromatic heterocycles. The average Bonchev–Trinajstić information content (AvgIpc) is 2.25. The quantitative estimate of drug-likeness (QED) is 0.463. The van der Waals surface area contributed by atoms with Gasteiger partial charge >= 0.3 is 11.7 Å². The van der Waals surface area contributed by atoms with Crippen molar-refractivity contribution < 1.29 is 19.6 Å². The van der Waals surface area contributed by atoms with Gasteiger partial charge in [-0.1, -0.05) is 0 Å². The maximum absolute atomic E-state index is 11.2. The highest BCUT2D eigenvalue weighted by molar-refractivity contribution is 5.90. The second-order valence-corrected chi connectivity index (χ2v) is 2.69. The van der Waals surface area contributed by atoms with E-state index in [0.717, 1.165) is 18.2 Å². The summed E-state index contributed by atoms with van der Waals surface area (Å²) in [5, 5.41) is 27.8. The summed E-state index contributed by atoms with van der Waals surface area (Å²) in [7, 11) is 0. The molecule has 7 nitrogen and oxygen atoms in total. The van der Waals surface area contributed by atoms with E-state index < -0.39 is 28.9 Å².